The molecule has 0 amide bonds. The van der Waals surface area contributed by atoms with Gasteiger partial charge in [0.1, 0.15) is 4.90 Å². The first-order chi connectivity index (χ1) is 8.07. The lowest BCUT2D eigenvalue weighted by molar-refractivity contribution is 0.484. The molecule has 0 atom stereocenters. The Morgan fingerprint density at radius 2 is 1.61 bits per heavy atom. The number of para-hydroxylation sites is 2. The number of hydrogen-bond acceptors (Lipinski definition) is 2. The monoisotopic (exact) mass is 283 g/mol. The molecule has 2 aromatic carbocycles. The average molecular weight is 284 g/mol. The Balaban J connectivity index is 0.00000120. The molecule has 0 fully saturated rings. The number of aromatic nitrogens is 1. The third-order valence-corrected chi connectivity index (χ3v) is 3.68. The molecule has 4 nitrogen and oxygen atoms in total. The predicted molar refractivity (Wildman–Crippen MR) is 72.9 cm³/mol. The number of nitrogens with one attached hydrogen (secondary N) is 1. The van der Waals surface area contributed by atoms with Crippen LogP contribution in [0.5, 0.6) is 0 Å². The number of hydrogen-bond donors (Lipinski definition) is 2. The summed E-state index contributed by atoms with van der Waals surface area (Å²) in [7, 11) is -4.21. The molecule has 2 N–H and O–H groups in total. The van der Waals surface area contributed by atoms with E-state index in [1.807, 2.05) is 30.3 Å². The van der Waals surface area contributed by atoms with Gasteiger partial charge in [0.2, 0.25) is 0 Å². The molecular formula is C12H10ClNO3S. The van der Waals surface area contributed by atoms with Gasteiger partial charge in [0, 0.05) is 16.3 Å². The number of halogens is 1. The summed E-state index contributed by atoms with van der Waals surface area (Å²) in [5.41, 5.74) is 1.29. The lowest BCUT2D eigenvalue weighted by Crippen LogP contribution is -1.98. The van der Waals surface area contributed by atoms with Crippen LogP contribution in [0.25, 0.3) is 21.8 Å². The first-order valence-electron chi connectivity index (χ1n) is 5.04. The van der Waals surface area contributed by atoms with Crippen molar-refractivity contribution in [2.75, 3.05) is 0 Å². The van der Waals surface area contributed by atoms with E-state index in [2.05, 4.69) is 4.98 Å². The Morgan fingerprint density at radius 3 is 2.33 bits per heavy atom. The zero-order valence-corrected chi connectivity index (χ0v) is 10.8. The summed E-state index contributed by atoms with van der Waals surface area (Å²) < 4.78 is 31.7. The topological polar surface area (TPSA) is 70.2 Å². The van der Waals surface area contributed by atoms with E-state index >= 15 is 0 Å². The minimum Gasteiger partial charge on any atom is -0.353 e. The number of H-pyrrole nitrogens is 1. The van der Waals surface area contributed by atoms with Crippen LogP contribution in [0.1, 0.15) is 0 Å². The summed E-state index contributed by atoms with van der Waals surface area (Å²) in [6.45, 7) is 0. The average Bonchev–Trinajstić information content (AvgIpc) is 2.65. The normalized spacial score (nSPS) is 11.6. The van der Waals surface area contributed by atoms with Crippen molar-refractivity contribution in [3.63, 3.8) is 0 Å². The van der Waals surface area contributed by atoms with Crippen molar-refractivity contribution in [2.45, 2.75) is 4.90 Å². The SMILES string of the molecule is Cl.O=S(=O)(O)c1cccc2c1[nH]c1ccccc12. The van der Waals surface area contributed by atoms with Crippen LogP contribution in [0.2, 0.25) is 0 Å². The Morgan fingerprint density at radius 1 is 0.944 bits per heavy atom. The summed E-state index contributed by atoms with van der Waals surface area (Å²) in [5.74, 6) is 0. The van der Waals surface area contributed by atoms with E-state index in [4.69, 9.17) is 4.55 Å². The van der Waals surface area contributed by atoms with E-state index in [0.29, 0.717) is 5.52 Å². The molecule has 0 aliphatic heterocycles. The zero-order chi connectivity index (χ0) is 12.0. The third kappa shape index (κ3) is 1.86. The highest BCUT2D eigenvalue weighted by Crippen LogP contribution is 2.29. The van der Waals surface area contributed by atoms with Crippen molar-refractivity contribution in [1.29, 1.82) is 0 Å². The molecule has 0 aliphatic rings. The second-order valence-electron chi connectivity index (χ2n) is 3.82. The largest absolute Gasteiger partial charge is 0.353 e. The third-order valence-electron chi connectivity index (χ3n) is 2.78. The molecule has 0 saturated carbocycles. The quantitative estimate of drug-likeness (QED) is 0.675. The van der Waals surface area contributed by atoms with Crippen molar-refractivity contribution in [3.05, 3.63) is 42.5 Å². The fraction of sp³-hybridized carbons (Fsp3) is 0. The maximum absolute atomic E-state index is 11.3. The Kier molecular flexibility index (Phi) is 3.06. The molecule has 0 saturated heterocycles. The van der Waals surface area contributed by atoms with E-state index in [1.165, 1.54) is 6.07 Å². The van der Waals surface area contributed by atoms with Crippen molar-refractivity contribution >= 4 is 44.3 Å². The van der Waals surface area contributed by atoms with Gasteiger partial charge in [-0.25, -0.2) is 0 Å². The molecule has 1 aromatic heterocycles. The second kappa shape index (κ2) is 4.28. The van der Waals surface area contributed by atoms with Gasteiger partial charge in [0.05, 0.1) is 5.52 Å². The summed E-state index contributed by atoms with van der Waals surface area (Å²) in [6, 6.07) is 12.3. The van der Waals surface area contributed by atoms with E-state index in [9.17, 15) is 8.42 Å². The number of rotatable bonds is 1. The van der Waals surface area contributed by atoms with Crippen LogP contribution in [-0.4, -0.2) is 18.0 Å². The molecule has 0 spiro atoms. The molecule has 0 aliphatic carbocycles. The summed E-state index contributed by atoms with van der Waals surface area (Å²) in [6.07, 6.45) is 0. The van der Waals surface area contributed by atoms with Gasteiger partial charge < -0.3 is 4.98 Å². The van der Waals surface area contributed by atoms with Crippen LogP contribution < -0.4 is 0 Å². The summed E-state index contributed by atoms with van der Waals surface area (Å²) >= 11 is 0. The fourth-order valence-corrected chi connectivity index (χ4v) is 2.73. The van der Waals surface area contributed by atoms with Crippen LogP contribution in [0.4, 0.5) is 0 Å². The lowest BCUT2D eigenvalue weighted by Gasteiger charge is -1.98. The van der Waals surface area contributed by atoms with Crippen molar-refractivity contribution in [1.82, 2.24) is 4.98 Å². The fourth-order valence-electron chi connectivity index (χ4n) is 2.06. The number of benzene rings is 2. The highest BCUT2D eigenvalue weighted by Gasteiger charge is 2.16. The summed E-state index contributed by atoms with van der Waals surface area (Å²) in [4.78, 5) is 2.92. The van der Waals surface area contributed by atoms with Gasteiger partial charge in [0.15, 0.2) is 0 Å². The van der Waals surface area contributed by atoms with Crippen LogP contribution in [0, 0.1) is 0 Å². The number of fused-ring (bicyclic) bond motifs is 3. The van der Waals surface area contributed by atoms with Gasteiger partial charge in [-0.15, -0.1) is 12.4 Å². The molecule has 6 heteroatoms. The van der Waals surface area contributed by atoms with E-state index < -0.39 is 10.1 Å². The van der Waals surface area contributed by atoms with Gasteiger partial charge in [-0.3, -0.25) is 4.55 Å². The molecule has 18 heavy (non-hydrogen) atoms. The van der Waals surface area contributed by atoms with Crippen LogP contribution in [0.15, 0.2) is 47.4 Å². The standard InChI is InChI=1S/C12H9NO3S.ClH/c14-17(15,16)11-7-3-5-9-8-4-1-2-6-10(8)13-12(9)11;/h1-7,13H,(H,14,15,16);1H. The first kappa shape index (κ1) is 12.9. The minimum absolute atomic E-state index is 0. The molecule has 0 bridgehead atoms. The maximum atomic E-state index is 11.3. The smallest absolute Gasteiger partial charge is 0.296 e. The molecular weight excluding hydrogens is 274 g/mol. The van der Waals surface area contributed by atoms with Gasteiger partial charge in [-0.2, -0.15) is 8.42 Å². The van der Waals surface area contributed by atoms with Gasteiger partial charge in [0.25, 0.3) is 10.1 Å². The van der Waals surface area contributed by atoms with E-state index in [1.54, 1.807) is 6.07 Å². The van der Waals surface area contributed by atoms with E-state index in [-0.39, 0.29) is 17.3 Å². The Hall–Kier alpha value is -1.56. The van der Waals surface area contributed by atoms with Crippen molar-refractivity contribution in [3.8, 4) is 0 Å². The van der Waals surface area contributed by atoms with Crippen LogP contribution in [0.3, 0.4) is 0 Å². The van der Waals surface area contributed by atoms with Gasteiger partial charge in [-0.1, -0.05) is 30.3 Å². The molecule has 0 unspecified atom stereocenters. The Labute approximate surface area is 110 Å². The van der Waals surface area contributed by atoms with Gasteiger partial charge in [-0.05, 0) is 12.1 Å². The molecule has 94 valence electrons. The second-order valence-corrected chi connectivity index (χ2v) is 5.21. The van der Waals surface area contributed by atoms with E-state index in [0.717, 1.165) is 16.3 Å². The molecule has 1 heterocycles. The van der Waals surface area contributed by atoms with Crippen LogP contribution >= 0.6 is 12.4 Å². The number of aromatic amines is 1. The van der Waals surface area contributed by atoms with Crippen LogP contribution in [-0.2, 0) is 10.1 Å². The minimum atomic E-state index is -4.21. The molecule has 3 aromatic rings. The zero-order valence-electron chi connectivity index (χ0n) is 9.12. The molecule has 0 radical (unpaired) electrons. The maximum Gasteiger partial charge on any atom is 0.296 e. The molecule has 3 rings (SSSR count). The summed E-state index contributed by atoms with van der Waals surface area (Å²) in [5, 5.41) is 1.73. The van der Waals surface area contributed by atoms with Crippen molar-refractivity contribution in [2.24, 2.45) is 0 Å². The Bertz CT molecular complexity index is 824. The predicted octanol–water partition coefficient (Wildman–Crippen LogP) is 2.99. The highest BCUT2D eigenvalue weighted by atomic mass is 35.5. The van der Waals surface area contributed by atoms with Gasteiger partial charge >= 0.3 is 0 Å². The lowest BCUT2D eigenvalue weighted by atomic mass is 10.1. The highest BCUT2D eigenvalue weighted by molar-refractivity contribution is 7.86. The first-order valence-corrected chi connectivity index (χ1v) is 6.48. The van der Waals surface area contributed by atoms with Crippen molar-refractivity contribution < 1.29 is 13.0 Å².